The Morgan fingerprint density at radius 1 is 1.33 bits per heavy atom. The zero-order valence-corrected chi connectivity index (χ0v) is 19.7. The van der Waals surface area contributed by atoms with E-state index in [1.807, 2.05) is 6.07 Å². The molecule has 1 fully saturated rings. The largest absolute Gasteiger partial charge is 0.495 e. The van der Waals surface area contributed by atoms with Crippen LogP contribution in [0.5, 0.6) is 5.75 Å². The molecule has 0 spiro atoms. The van der Waals surface area contributed by atoms with E-state index in [1.54, 1.807) is 19.2 Å². The predicted octanol–water partition coefficient (Wildman–Crippen LogP) is 4.98. The maximum Gasteiger partial charge on any atom is 0.193 e. The van der Waals surface area contributed by atoms with Gasteiger partial charge in [0.2, 0.25) is 0 Å². The summed E-state index contributed by atoms with van der Waals surface area (Å²) in [6.07, 6.45) is 1.11. The highest BCUT2D eigenvalue weighted by Gasteiger charge is 2.22. The molecule has 27 heavy (non-hydrogen) atoms. The van der Waals surface area contributed by atoms with E-state index in [9.17, 15) is 0 Å². The Hall–Kier alpha value is -1.19. The number of rotatable bonds is 5. The maximum atomic E-state index is 6.12. The van der Waals surface area contributed by atoms with Crippen LogP contribution in [0.15, 0.2) is 51.9 Å². The number of halogens is 3. The third kappa shape index (κ3) is 6.15. The molecule has 8 heteroatoms. The lowest BCUT2D eigenvalue weighted by Crippen LogP contribution is -2.25. The monoisotopic (exact) mass is 564 g/mol. The summed E-state index contributed by atoms with van der Waals surface area (Å²) >= 11 is 9.60. The van der Waals surface area contributed by atoms with Gasteiger partial charge >= 0.3 is 0 Å². The van der Waals surface area contributed by atoms with Gasteiger partial charge in [0.15, 0.2) is 5.96 Å². The molecule has 0 bridgehead atoms. The van der Waals surface area contributed by atoms with Gasteiger partial charge in [-0.3, -0.25) is 4.99 Å². The smallest absolute Gasteiger partial charge is 0.193 e. The van der Waals surface area contributed by atoms with Crippen LogP contribution in [0.3, 0.4) is 0 Å². The van der Waals surface area contributed by atoms with Crippen molar-refractivity contribution in [2.24, 2.45) is 16.6 Å². The van der Waals surface area contributed by atoms with Crippen LogP contribution < -0.4 is 20.7 Å². The van der Waals surface area contributed by atoms with Crippen molar-refractivity contribution in [2.45, 2.75) is 6.42 Å². The third-order valence-corrected chi connectivity index (χ3v) is 5.25. The Balaban J connectivity index is 0.00000261. The van der Waals surface area contributed by atoms with E-state index in [-0.39, 0.29) is 24.0 Å². The molecule has 0 amide bonds. The number of anilines is 2. The topological polar surface area (TPSA) is 62.9 Å². The van der Waals surface area contributed by atoms with Gasteiger partial charge in [-0.25, -0.2) is 0 Å². The second-order valence-corrected chi connectivity index (χ2v) is 7.60. The lowest BCUT2D eigenvalue weighted by molar-refractivity contribution is 0.415. The van der Waals surface area contributed by atoms with Crippen molar-refractivity contribution in [3.8, 4) is 5.75 Å². The minimum atomic E-state index is 0. The molecule has 2 aromatic rings. The summed E-state index contributed by atoms with van der Waals surface area (Å²) in [5.74, 6) is 1.53. The Morgan fingerprint density at radius 2 is 2.07 bits per heavy atom. The summed E-state index contributed by atoms with van der Waals surface area (Å²) in [4.78, 5) is 6.88. The molecular formula is C19H23BrClIN4O. The minimum Gasteiger partial charge on any atom is -0.495 e. The molecule has 2 aromatic carbocycles. The lowest BCUT2D eigenvalue weighted by atomic mass is 10.1. The molecule has 1 aliphatic rings. The fraction of sp³-hybridized carbons (Fsp3) is 0.316. The first kappa shape index (κ1) is 22.1. The first-order valence-corrected chi connectivity index (χ1v) is 9.63. The first-order valence-electron chi connectivity index (χ1n) is 8.46. The number of nitrogens with zero attached hydrogens (tertiary/aromatic N) is 2. The fourth-order valence-electron chi connectivity index (χ4n) is 3.03. The summed E-state index contributed by atoms with van der Waals surface area (Å²) in [5.41, 5.74) is 8.05. The van der Waals surface area contributed by atoms with Gasteiger partial charge in [0.1, 0.15) is 5.75 Å². The number of ether oxygens (including phenoxy) is 1. The molecule has 0 saturated carbocycles. The molecule has 1 heterocycles. The number of methoxy groups -OCH3 is 1. The average molecular weight is 566 g/mol. The molecule has 3 rings (SSSR count). The summed E-state index contributed by atoms with van der Waals surface area (Å²) in [6, 6.07) is 13.8. The van der Waals surface area contributed by atoms with Crippen molar-refractivity contribution in [2.75, 3.05) is 37.0 Å². The number of nitrogens with one attached hydrogen (secondary N) is 1. The third-order valence-electron chi connectivity index (χ3n) is 4.42. The van der Waals surface area contributed by atoms with Crippen molar-refractivity contribution in [1.29, 1.82) is 0 Å². The molecule has 146 valence electrons. The number of guanidine groups is 1. The normalized spacial score (nSPS) is 16.8. The highest BCUT2D eigenvalue weighted by Crippen LogP contribution is 2.27. The Labute approximate surface area is 190 Å². The average Bonchev–Trinajstić information content (AvgIpc) is 3.10. The summed E-state index contributed by atoms with van der Waals surface area (Å²) in [7, 11) is 1.59. The van der Waals surface area contributed by atoms with Gasteiger partial charge in [-0.15, -0.1) is 24.0 Å². The van der Waals surface area contributed by atoms with Crippen LogP contribution in [0, 0.1) is 5.92 Å². The van der Waals surface area contributed by atoms with Crippen LogP contribution in [0.4, 0.5) is 11.4 Å². The second kappa shape index (κ2) is 10.4. The quantitative estimate of drug-likeness (QED) is 0.305. The standard InChI is InChI=1S/C19H22BrClN4O.HI/c1-26-18-7-4-15(10-17(18)21)24-19(22)23-11-13-8-9-25(12-13)16-5-2-14(20)3-6-16;/h2-7,10,13H,8-9,11-12H2,1H3,(H3,22,23,24);1H. The van der Waals surface area contributed by atoms with E-state index in [1.165, 1.54) is 5.69 Å². The van der Waals surface area contributed by atoms with E-state index in [0.29, 0.717) is 29.2 Å². The molecule has 1 unspecified atom stereocenters. The van der Waals surface area contributed by atoms with Crippen molar-refractivity contribution >= 4 is 68.8 Å². The molecule has 3 N–H and O–H groups in total. The van der Waals surface area contributed by atoms with Gasteiger partial charge in [-0.1, -0.05) is 27.5 Å². The van der Waals surface area contributed by atoms with Gasteiger partial charge < -0.3 is 20.7 Å². The van der Waals surface area contributed by atoms with Crippen LogP contribution >= 0.6 is 51.5 Å². The summed E-state index contributed by atoms with van der Waals surface area (Å²) in [6.45, 7) is 2.74. The Bertz CT molecular complexity index is 788. The molecule has 0 radical (unpaired) electrons. The van der Waals surface area contributed by atoms with Gasteiger partial charge in [-0.2, -0.15) is 0 Å². The minimum absolute atomic E-state index is 0. The van der Waals surface area contributed by atoms with E-state index in [4.69, 9.17) is 22.1 Å². The Kier molecular flexibility index (Phi) is 8.50. The molecular weight excluding hydrogens is 542 g/mol. The number of nitrogens with two attached hydrogens (primary N) is 1. The molecule has 5 nitrogen and oxygen atoms in total. The van der Waals surface area contributed by atoms with Crippen molar-refractivity contribution in [1.82, 2.24) is 0 Å². The van der Waals surface area contributed by atoms with Crippen LogP contribution in [-0.4, -0.2) is 32.7 Å². The van der Waals surface area contributed by atoms with Crippen LogP contribution in [0.2, 0.25) is 5.02 Å². The van der Waals surface area contributed by atoms with Gasteiger partial charge in [-0.05, 0) is 54.8 Å². The van der Waals surface area contributed by atoms with Gasteiger partial charge in [0, 0.05) is 35.5 Å². The number of hydrogen-bond donors (Lipinski definition) is 2. The highest BCUT2D eigenvalue weighted by molar-refractivity contribution is 14.0. The highest BCUT2D eigenvalue weighted by atomic mass is 127. The molecule has 1 aliphatic heterocycles. The zero-order valence-electron chi connectivity index (χ0n) is 15.0. The van der Waals surface area contributed by atoms with Crippen LogP contribution in [-0.2, 0) is 0 Å². The maximum absolute atomic E-state index is 6.12. The van der Waals surface area contributed by atoms with E-state index < -0.39 is 0 Å². The van der Waals surface area contributed by atoms with Crippen molar-refractivity contribution in [3.63, 3.8) is 0 Å². The Morgan fingerprint density at radius 3 is 2.74 bits per heavy atom. The lowest BCUT2D eigenvalue weighted by Gasteiger charge is -2.18. The summed E-state index contributed by atoms with van der Waals surface area (Å²) < 4.78 is 6.24. The van der Waals surface area contributed by atoms with Gasteiger partial charge in [0.05, 0.1) is 12.1 Å². The van der Waals surface area contributed by atoms with Crippen LogP contribution in [0.1, 0.15) is 6.42 Å². The summed E-state index contributed by atoms with van der Waals surface area (Å²) in [5, 5.41) is 3.61. The zero-order chi connectivity index (χ0) is 18.5. The predicted molar refractivity (Wildman–Crippen MR) is 128 cm³/mol. The first-order chi connectivity index (χ1) is 12.5. The molecule has 1 saturated heterocycles. The van der Waals surface area contributed by atoms with E-state index in [0.717, 1.165) is 29.7 Å². The van der Waals surface area contributed by atoms with E-state index in [2.05, 4.69) is 55.4 Å². The fourth-order valence-corrected chi connectivity index (χ4v) is 3.55. The molecule has 1 atom stereocenters. The SMILES string of the molecule is COc1ccc(NC(N)=NCC2CCN(c3ccc(Br)cc3)C2)cc1Cl.I. The second-order valence-electron chi connectivity index (χ2n) is 6.28. The molecule has 0 aromatic heterocycles. The van der Waals surface area contributed by atoms with Crippen molar-refractivity contribution < 1.29 is 4.74 Å². The van der Waals surface area contributed by atoms with Crippen molar-refractivity contribution in [3.05, 3.63) is 52.0 Å². The number of hydrogen-bond acceptors (Lipinski definition) is 3. The van der Waals surface area contributed by atoms with Crippen LogP contribution in [0.25, 0.3) is 0 Å². The van der Waals surface area contributed by atoms with E-state index >= 15 is 0 Å². The van der Waals surface area contributed by atoms with Gasteiger partial charge in [0.25, 0.3) is 0 Å². The number of aliphatic imine (C=N–C) groups is 1. The number of benzene rings is 2. The molecule has 0 aliphatic carbocycles.